The summed E-state index contributed by atoms with van der Waals surface area (Å²) in [6.45, 7) is 3.84. The number of aromatic nitrogens is 6. The Balaban J connectivity index is 0.000000439. The first-order valence-corrected chi connectivity index (χ1v) is 11.2. The molecule has 0 aliphatic rings. The summed E-state index contributed by atoms with van der Waals surface area (Å²) >= 11 is 16.3. The first kappa shape index (κ1) is 30.2. The van der Waals surface area contributed by atoms with Crippen LogP contribution in [0.1, 0.15) is 22.8 Å². The molecule has 3 aromatic heterocycles. The predicted octanol–water partition coefficient (Wildman–Crippen LogP) is 3.45. The van der Waals surface area contributed by atoms with Gasteiger partial charge in [-0.25, -0.2) is 0 Å². The minimum absolute atomic E-state index is 0.250. The highest BCUT2D eigenvalue weighted by Gasteiger charge is 1.96. The average molecular weight is 520 g/mol. The Kier molecular flexibility index (Phi) is 18.2. The van der Waals surface area contributed by atoms with Gasteiger partial charge in [0.1, 0.15) is 11.8 Å². The lowest BCUT2D eigenvalue weighted by atomic mass is 10.4. The SMILES string of the molecule is CCO.N#Cc1cnn(CCCl)c1.O=Cc1cnn(CCCl)c1.O=Nc1cnn(CCCl)c1. The number of aryl methyl sites for hydroxylation is 3. The van der Waals surface area contributed by atoms with Crippen molar-refractivity contribution in [2.24, 2.45) is 5.18 Å². The van der Waals surface area contributed by atoms with Crippen LogP contribution in [0.3, 0.4) is 0 Å². The van der Waals surface area contributed by atoms with Gasteiger partial charge in [0.25, 0.3) is 0 Å². The molecule has 0 saturated heterocycles. The molecule has 3 aromatic rings. The smallest absolute Gasteiger partial charge is 0.153 e. The van der Waals surface area contributed by atoms with E-state index in [2.05, 4.69) is 20.5 Å². The van der Waals surface area contributed by atoms with Crippen LogP contribution in [0.5, 0.6) is 0 Å². The predicted molar refractivity (Wildman–Crippen MR) is 127 cm³/mol. The van der Waals surface area contributed by atoms with E-state index in [9.17, 15) is 9.70 Å². The Hall–Kier alpha value is -2.78. The van der Waals surface area contributed by atoms with Gasteiger partial charge in [0, 0.05) is 36.6 Å². The molecule has 0 saturated carbocycles. The van der Waals surface area contributed by atoms with E-state index < -0.39 is 0 Å². The Morgan fingerprint density at radius 1 is 0.970 bits per heavy atom. The molecule has 11 nitrogen and oxygen atoms in total. The molecular formula is C19H25Cl3N8O3. The number of rotatable bonds is 8. The van der Waals surface area contributed by atoms with E-state index >= 15 is 0 Å². The summed E-state index contributed by atoms with van der Waals surface area (Å²) < 4.78 is 4.85. The highest BCUT2D eigenvalue weighted by atomic mass is 35.5. The number of carbonyl (C=O) groups excluding carboxylic acids is 1. The Morgan fingerprint density at radius 3 is 1.85 bits per heavy atom. The topological polar surface area (TPSA) is 144 Å². The second kappa shape index (κ2) is 19.9. The summed E-state index contributed by atoms with van der Waals surface area (Å²) in [4.78, 5) is 20.0. The second-order valence-corrected chi connectivity index (χ2v) is 6.83. The number of nitriles is 1. The van der Waals surface area contributed by atoms with Gasteiger partial charge in [0.15, 0.2) is 6.29 Å². The lowest BCUT2D eigenvalue weighted by molar-refractivity contribution is 0.112. The molecule has 180 valence electrons. The number of halogens is 3. The molecule has 0 bridgehead atoms. The first-order valence-electron chi connectivity index (χ1n) is 9.56. The van der Waals surface area contributed by atoms with Crippen LogP contribution in [0.4, 0.5) is 5.69 Å². The number of aldehydes is 1. The van der Waals surface area contributed by atoms with Crippen molar-refractivity contribution in [1.29, 1.82) is 5.26 Å². The van der Waals surface area contributed by atoms with E-state index in [1.165, 1.54) is 18.6 Å². The van der Waals surface area contributed by atoms with Crippen molar-refractivity contribution in [3.05, 3.63) is 53.2 Å². The molecule has 0 aliphatic carbocycles. The third kappa shape index (κ3) is 14.1. The molecule has 0 aromatic carbocycles. The highest BCUT2D eigenvalue weighted by molar-refractivity contribution is 6.18. The zero-order chi connectivity index (χ0) is 24.9. The van der Waals surface area contributed by atoms with Gasteiger partial charge in [-0.2, -0.15) is 20.6 Å². The van der Waals surface area contributed by atoms with E-state index in [1.807, 2.05) is 6.07 Å². The number of nitrogens with zero attached hydrogens (tertiary/aromatic N) is 8. The van der Waals surface area contributed by atoms with Gasteiger partial charge in [-0.05, 0) is 12.1 Å². The molecule has 0 amide bonds. The maximum atomic E-state index is 10.1. The van der Waals surface area contributed by atoms with Gasteiger partial charge in [0.2, 0.25) is 0 Å². The molecule has 0 unspecified atom stereocenters. The fourth-order valence-corrected chi connectivity index (χ4v) is 2.41. The van der Waals surface area contributed by atoms with Crippen LogP contribution >= 0.6 is 34.8 Å². The van der Waals surface area contributed by atoms with Crippen LogP contribution in [-0.4, -0.2) is 65.0 Å². The van der Waals surface area contributed by atoms with Gasteiger partial charge in [-0.15, -0.1) is 39.7 Å². The van der Waals surface area contributed by atoms with Crippen LogP contribution < -0.4 is 0 Å². The summed E-state index contributed by atoms with van der Waals surface area (Å²) in [7, 11) is 0. The lowest BCUT2D eigenvalue weighted by Crippen LogP contribution is -1.98. The largest absolute Gasteiger partial charge is 0.397 e. The van der Waals surface area contributed by atoms with Crippen LogP contribution in [0, 0.1) is 16.2 Å². The van der Waals surface area contributed by atoms with Gasteiger partial charge in [-0.3, -0.25) is 18.8 Å². The lowest BCUT2D eigenvalue weighted by Gasteiger charge is -1.92. The fourth-order valence-electron chi connectivity index (χ4n) is 1.89. The summed E-state index contributed by atoms with van der Waals surface area (Å²) in [6, 6.07) is 1.98. The van der Waals surface area contributed by atoms with Gasteiger partial charge in [-0.1, -0.05) is 0 Å². The van der Waals surface area contributed by atoms with Crippen molar-refractivity contribution in [3.8, 4) is 6.07 Å². The second-order valence-electron chi connectivity index (χ2n) is 5.69. The van der Waals surface area contributed by atoms with Gasteiger partial charge >= 0.3 is 0 Å². The molecule has 3 rings (SSSR count). The summed E-state index contributed by atoms with van der Waals surface area (Å²) in [5.74, 6) is 1.52. The average Bonchev–Trinajstić information content (AvgIpc) is 3.57. The first-order chi connectivity index (χ1) is 16.0. The van der Waals surface area contributed by atoms with E-state index in [4.69, 9.17) is 45.2 Å². The number of carbonyl (C=O) groups is 1. The zero-order valence-corrected chi connectivity index (χ0v) is 20.2. The zero-order valence-electron chi connectivity index (χ0n) is 18.0. The van der Waals surface area contributed by atoms with Crippen molar-refractivity contribution in [2.45, 2.75) is 26.6 Å². The van der Waals surface area contributed by atoms with E-state index in [1.54, 1.807) is 39.6 Å². The van der Waals surface area contributed by atoms with Gasteiger partial charge < -0.3 is 5.11 Å². The van der Waals surface area contributed by atoms with E-state index in [0.717, 1.165) is 6.29 Å². The number of hydrogen-bond donors (Lipinski definition) is 1. The molecule has 0 atom stereocenters. The molecular weight excluding hydrogens is 495 g/mol. The monoisotopic (exact) mass is 518 g/mol. The van der Waals surface area contributed by atoms with Crippen LogP contribution in [0.25, 0.3) is 0 Å². The summed E-state index contributed by atoms with van der Waals surface area (Å²) in [5, 5.41) is 30.2. The minimum atomic E-state index is 0.250. The van der Waals surface area contributed by atoms with Crippen molar-refractivity contribution in [1.82, 2.24) is 29.3 Å². The summed E-state index contributed by atoms with van der Waals surface area (Å²) in [5.41, 5.74) is 1.50. The van der Waals surface area contributed by atoms with Gasteiger partial charge in [0.05, 0.1) is 55.5 Å². The number of aliphatic hydroxyl groups is 1. The van der Waals surface area contributed by atoms with E-state index in [0.29, 0.717) is 54.1 Å². The van der Waals surface area contributed by atoms with Crippen LogP contribution in [0.15, 0.2) is 42.4 Å². The van der Waals surface area contributed by atoms with Crippen LogP contribution in [-0.2, 0) is 19.6 Å². The third-order valence-corrected chi connectivity index (χ3v) is 3.72. The number of nitroso groups, excluding NO2 is 1. The Bertz CT molecular complexity index is 904. The quantitative estimate of drug-likeness (QED) is 0.272. The molecule has 0 fully saturated rings. The molecule has 0 radical (unpaired) electrons. The molecule has 0 spiro atoms. The van der Waals surface area contributed by atoms with Crippen molar-refractivity contribution >= 4 is 46.8 Å². The minimum Gasteiger partial charge on any atom is -0.397 e. The molecule has 3 heterocycles. The maximum Gasteiger partial charge on any atom is 0.153 e. The van der Waals surface area contributed by atoms with Crippen LogP contribution in [0.2, 0.25) is 0 Å². The van der Waals surface area contributed by atoms with Crippen molar-refractivity contribution in [3.63, 3.8) is 0 Å². The number of aliphatic hydroxyl groups excluding tert-OH is 1. The van der Waals surface area contributed by atoms with Crippen molar-refractivity contribution in [2.75, 3.05) is 24.2 Å². The molecule has 14 heteroatoms. The number of alkyl halides is 3. The standard InChI is InChI=1S/C6H6ClN3.C6H7ClN2O.C5H6ClN3O.C2H6O/c7-1-2-10-5-6(3-8)4-9-10;7-1-2-9-4-6(5-10)3-8-9;6-1-2-9-4-5(8-10)3-7-9;1-2-3/h4-5H,1-2H2;3-5H,1-2H2;3-4H,1-2H2;3H,2H2,1H3. The highest BCUT2D eigenvalue weighted by Crippen LogP contribution is 2.07. The number of hydrogen-bond acceptors (Lipinski definition) is 8. The molecule has 1 N–H and O–H groups in total. The summed E-state index contributed by atoms with van der Waals surface area (Å²) in [6.07, 6.45) is 10.1. The fraction of sp³-hybridized carbons (Fsp3) is 0.421. The normalized spacial score (nSPS) is 9.21. The Labute approximate surface area is 206 Å². The maximum absolute atomic E-state index is 10.1. The third-order valence-electron chi connectivity index (χ3n) is 3.22. The Morgan fingerprint density at radius 2 is 1.45 bits per heavy atom. The van der Waals surface area contributed by atoms with E-state index in [-0.39, 0.29) is 6.61 Å². The molecule has 0 aliphatic heterocycles. The molecule has 33 heavy (non-hydrogen) atoms. The van der Waals surface area contributed by atoms with Crippen molar-refractivity contribution < 1.29 is 9.90 Å².